The Morgan fingerprint density at radius 3 is 2.92 bits per heavy atom. The number of anilines is 1. The fourth-order valence-electron chi connectivity index (χ4n) is 1.22. The average Bonchev–Trinajstić information content (AvgIpc) is 2.46. The summed E-state index contributed by atoms with van der Waals surface area (Å²) in [6.07, 6.45) is 4.34. The van der Waals surface area contributed by atoms with Gasteiger partial charge in [-0.1, -0.05) is 5.10 Å². The molecule has 5 heteroatoms. The molecule has 0 aromatic carbocycles. The summed E-state index contributed by atoms with van der Waals surface area (Å²) >= 11 is 5.54. The van der Waals surface area contributed by atoms with Crippen molar-refractivity contribution in [2.75, 3.05) is 11.2 Å². The highest BCUT2D eigenvalue weighted by Crippen LogP contribution is 2.22. The zero-order chi connectivity index (χ0) is 9.10. The van der Waals surface area contributed by atoms with Crippen LogP contribution in [0.5, 0.6) is 0 Å². The van der Waals surface area contributed by atoms with Crippen molar-refractivity contribution in [3.05, 3.63) is 5.89 Å². The number of alkyl halides is 1. The van der Waals surface area contributed by atoms with E-state index in [0.717, 1.165) is 0 Å². The summed E-state index contributed by atoms with van der Waals surface area (Å²) in [7, 11) is 0. The van der Waals surface area contributed by atoms with Gasteiger partial charge < -0.3 is 9.73 Å². The number of rotatable bonds is 4. The Bertz CT molecular complexity index is 272. The molecule has 0 spiro atoms. The van der Waals surface area contributed by atoms with E-state index in [-0.39, 0.29) is 0 Å². The molecule has 1 saturated carbocycles. The number of halogens is 1. The van der Waals surface area contributed by atoms with Crippen molar-refractivity contribution in [1.82, 2.24) is 10.2 Å². The first-order valence-electron chi connectivity index (χ1n) is 4.53. The lowest BCUT2D eigenvalue weighted by molar-refractivity contribution is 0.423. The molecule has 1 N–H and O–H groups in total. The molecular weight excluding hydrogens is 190 g/mol. The molecule has 1 aromatic rings. The van der Waals surface area contributed by atoms with Gasteiger partial charge in [-0.2, -0.15) is 0 Å². The Hall–Kier alpha value is -0.770. The van der Waals surface area contributed by atoms with Crippen molar-refractivity contribution in [2.45, 2.75) is 31.7 Å². The predicted molar refractivity (Wildman–Crippen MR) is 50.0 cm³/mol. The van der Waals surface area contributed by atoms with Crippen LogP contribution in [-0.2, 0) is 6.42 Å². The average molecular weight is 202 g/mol. The Labute approximate surface area is 81.7 Å². The molecule has 1 aromatic heterocycles. The van der Waals surface area contributed by atoms with E-state index in [0.29, 0.717) is 30.2 Å². The van der Waals surface area contributed by atoms with E-state index in [4.69, 9.17) is 16.0 Å². The molecule has 72 valence electrons. The highest BCUT2D eigenvalue weighted by molar-refractivity contribution is 6.17. The van der Waals surface area contributed by atoms with E-state index in [9.17, 15) is 0 Å². The van der Waals surface area contributed by atoms with Gasteiger partial charge in [0.25, 0.3) is 0 Å². The Balaban J connectivity index is 1.88. The SMILES string of the molecule is ClCCc1nnc(NC2CCC2)o1. The lowest BCUT2D eigenvalue weighted by atomic mass is 9.93. The van der Waals surface area contributed by atoms with Crippen LogP contribution in [0.1, 0.15) is 25.2 Å². The molecule has 4 nitrogen and oxygen atoms in total. The van der Waals surface area contributed by atoms with Crippen LogP contribution in [0, 0.1) is 0 Å². The maximum Gasteiger partial charge on any atom is 0.315 e. The van der Waals surface area contributed by atoms with Crippen LogP contribution in [0.15, 0.2) is 4.42 Å². The van der Waals surface area contributed by atoms with Gasteiger partial charge in [-0.25, -0.2) is 0 Å². The van der Waals surface area contributed by atoms with Gasteiger partial charge in [-0.15, -0.1) is 16.7 Å². The molecule has 1 fully saturated rings. The van der Waals surface area contributed by atoms with Crippen molar-refractivity contribution < 1.29 is 4.42 Å². The number of hydrogen-bond acceptors (Lipinski definition) is 4. The van der Waals surface area contributed by atoms with Gasteiger partial charge in [-0.05, 0) is 19.3 Å². The maximum atomic E-state index is 5.54. The molecule has 2 rings (SSSR count). The zero-order valence-electron chi connectivity index (χ0n) is 7.29. The largest absolute Gasteiger partial charge is 0.408 e. The highest BCUT2D eigenvalue weighted by Gasteiger charge is 2.19. The van der Waals surface area contributed by atoms with E-state index in [1.54, 1.807) is 0 Å². The monoisotopic (exact) mass is 201 g/mol. The Morgan fingerprint density at radius 2 is 2.31 bits per heavy atom. The summed E-state index contributed by atoms with van der Waals surface area (Å²) in [6.45, 7) is 0. The second kappa shape index (κ2) is 3.96. The minimum absolute atomic E-state index is 0.519. The first-order valence-corrected chi connectivity index (χ1v) is 5.07. The highest BCUT2D eigenvalue weighted by atomic mass is 35.5. The summed E-state index contributed by atoms with van der Waals surface area (Å²) < 4.78 is 5.31. The third kappa shape index (κ3) is 2.12. The quantitative estimate of drug-likeness (QED) is 0.755. The molecule has 0 aliphatic heterocycles. The summed E-state index contributed by atoms with van der Waals surface area (Å²) in [6, 6.07) is 1.06. The van der Waals surface area contributed by atoms with E-state index < -0.39 is 0 Å². The van der Waals surface area contributed by atoms with Crippen LogP contribution in [0.3, 0.4) is 0 Å². The van der Waals surface area contributed by atoms with Crippen LogP contribution >= 0.6 is 11.6 Å². The Kier molecular flexibility index (Phi) is 2.68. The number of hydrogen-bond donors (Lipinski definition) is 1. The summed E-state index contributed by atoms with van der Waals surface area (Å²) in [5, 5.41) is 10.9. The number of aryl methyl sites for hydroxylation is 1. The smallest absolute Gasteiger partial charge is 0.315 e. The second-order valence-corrected chi connectivity index (χ2v) is 3.59. The molecule has 0 unspecified atom stereocenters. The fourth-order valence-corrected chi connectivity index (χ4v) is 1.38. The van der Waals surface area contributed by atoms with Gasteiger partial charge in [0.15, 0.2) is 0 Å². The lowest BCUT2D eigenvalue weighted by Crippen LogP contribution is -2.27. The van der Waals surface area contributed by atoms with Gasteiger partial charge in [-0.3, -0.25) is 0 Å². The molecular formula is C8H12ClN3O. The van der Waals surface area contributed by atoms with Crippen LogP contribution in [0.25, 0.3) is 0 Å². The van der Waals surface area contributed by atoms with Crippen LogP contribution in [0.2, 0.25) is 0 Å². The lowest BCUT2D eigenvalue weighted by Gasteiger charge is -2.24. The van der Waals surface area contributed by atoms with E-state index in [1.165, 1.54) is 19.3 Å². The van der Waals surface area contributed by atoms with Crippen molar-refractivity contribution in [2.24, 2.45) is 0 Å². The molecule has 0 amide bonds. The van der Waals surface area contributed by atoms with Gasteiger partial charge >= 0.3 is 6.01 Å². The van der Waals surface area contributed by atoms with Gasteiger partial charge in [0.05, 0.1) is 0 Å². The molecule has 0 atom stereocenters. The molecule has 13 heavy (non-hydrogen) atoms. The fraction of sp³-hybridized carbons (Fsp3) is 0.750. The molecule has 0 radical (unpaired) electrons. The third-order valence-electron chi connectivity index (χ3n) is 2.21. The predicted octanol–water partition coefficient (Wildman–Crippen LogP) is 1.82. The van der Waals surface area contributed by atoms with Crippen LogP contribution in [-0.4, -0.2) is 22.1 Å². The van der Waals surface area contributed by atoms with E-state index >= 15 is 0 Å². The number of nitrogens with one attached hydrogen (secondary N) is 1. The number of aromatic nitrogens is 2. The topological polar surface area (TPSA) is 51.0 Å². The first-order chi connectivity index (χ1) is 6.38. The van der Waals surface area contributed by atoms with E-state index in [2.05, 4.69) is 15.5 Å². The van der Waals surface area contributed by atoms with Gasteiger partial charge in [0, 0.05) is 18.3 Å². The van der Waals surface area contributed by atoms with E-state index in [1.807, 2.05) is 0 Å². The molecule has 1 heterocycles. The second-order valence-electron chi connectivity index (χ2n) is 3.21. The molecule has 1 aliphatic carbocycles. The summed E-state index contributed by atoms with van der Waals surface area (Å²) in [5.74, 6) is 1.13. The third-order valence-corrected chi connectivity index (χ3v) is 2.40. The molecule has 0 saturated heterocycles. The Morgan fingerprint density at radius 1 is 1.46 bits per heavy atom. The maximum absolute atomic E-state index is 5.54. The zero-order valence-corrected chi connectivity index (χ0v) is 8.05. The van der Waals surface area contributed by atoms with Crippen molar-refractivity contribution in [3.63, 3.8) is 0 Å². The minimum atomic E-state index is 0.519. The van der Waals surface area contributed by atoms with Crippen LogP contribution in [0.4, 0.5) is 6.01 Å². The van der Waals surface area contributed by atoms with Gasteiger partial charge in [0.2, 0.25) is 5.89 Å². The van der Waals surface area contributed by atoms with Crippen molar-refractivity contribution in [3.8, 4) is 0 Å². The normalized spacial score (nSPS) is 17.0. The summed E-state index contributed by atoms with van der Waals surface area (Å²) in [5.41, 5.74) is 0. The molecule has 1 aliphatic rings. The summed E-state index contributed by atoms with van der Waals surface area (Å²) in [4.78, 5) is 0. The molecule has 0 bridgehead atoms. The first kappa shape index (κ1) is 8.81. The minimum Gasteiger partial charge on any atom is -0.408 e. The van der Waals surface area contributed by atoms with Gasteiger partial charge in [0.1, 0.15) is 0 Å². The number of nitrogens with zero attached hydrogens (tertiary/aromatic N) is 2. The van der Waals surface area contributed by atoms with Crippen LogP contribution < -0.4 is 5.32 Å². The van der Waals surface area contributed by atoms with Crippen molar-refractivity contribution >= 4 is 17.6 Å². The standard InChI is InChI=1S/C8H12ClN3O/c9-5-4-7-11-12-8(13-7)10-6-2-1-3-6/h6H,1-5H2,(H,10,12). The van der Waals surface area contributed by atoms with Crippen molar-refractivity contribution in [1.29, 1.82) is 0 Å².